The van der Waals surface area contributed by atoms with Crippen molar-refractivity contribution in [3.63, 3.8) is 0 Å². The van der Waals surface area contributed by atoms with Crippen molar-refractivity contribution in [1.82, 2.24) is 0 Å². The highest BCUT2D eigenvalue weighted by molar-refractivity contribution is 4.92. The Morgan fingerprint density at radius 1 is 0.952 bits per heavy atom. The molecule has 0 aromatic carbocycles. The second kappa shape index (κ2) is 8.59. The highest BCUT2D eigenvalue weighted by Crippen LogP contribution is 2.51. The first kappa shape index (κ1) is 19.0. The zero-order valence-electron chi connectivity index (χ0n) is 16.0. The Balaban J connectivity index is 2.37. The molecule has 0 aliphatic heterocycles. The Morgan fingerprint density at radius 3 is 2.10 bits per heavy atom. The third-order valence-corrected chi connectivity index (χ3v) is 6.64. The Bertz CT molecular complexity index is 282. The van der Waals surface area contributed by atoms with Gasteiger partial charge in [-0.05, 0) is 60.7 Å². The van der Waals surface area contributed by atoms with Crippen LogP contribution >= 0.6 is 0 Å². The minimum absolute atomic E-state index is 0.582. The lowest BCUT2D eigenvalue weighted by molar-refractivity contribution is 0.173. The van der Waals surface area contributed by atoms with Crippen LogP contribution in [0.2, 0.25) is 0 Å². The molecular formula is C21H42. The van der Waals surface area contributed by atoms with Crippen LogP contribution in [0.3, 0.4) is 0 Å². The quantitative estimate of drug-likeness (QED) is 0.374. The topological polar surface area (TPSA) is 0 Å². The minimum Gasteiger partial charge on any atom is -0.0651 e. The van der Waals surface area contributed by atoms with Crippen LogP contribution in [-0.2, 0) is 0 Å². The van der Waals surface area contributed by atoms with E-state index < -0.39 is 0 Å². The van der Waals surface area contributed by atoms with Crippen molar-refractivity contribution in [1.29, 1.82) is 0 Å². The van der Waals surface area contributed by atoms with Crippen molar-refractivity contribution < 1.29 is 0 Å². The molecule has 1 rings (SSSR count). The molecule has 0 N–H and O–H groups in total. The van der Waals surface area contributed by atoms with Crippen LogP contribution in [0.1, 0.15) is 99.8 Å². The summed E-state index contributed by atoms with van der Waals surface area (Å²) in [6.45, 7) is 17.0. The van der Waals surface area contributed by atoms with Gasteiger partial charge in [0.25, 0.3) is 0 Å². The van der Waals surface area contributed by atoms with Crippen LogP contribution in [-0.4, -0.2) is 0 Å². The molecule has 0 heterocycles. The Kier molecular flexibility index (Phi) is 7.79. The number of hydrogen-bond acceptors (Lipinski definition) is 0. The molecule has 0 aromatic heterocycles. The summed E-state index contributed by atoms with van der Waals surface area (Å²) < 4.78 is 0. The van der Waals surface area contributed by atoms with Gasteiger partial charge in [-0.2, -0.15) is 0 Å². The van der Waals surface area contributed by atoms with E-state index in [1.165, 1.54) is 51.4 Å². The average molecular weight is 295 g/mol. The summed E-state index contributed by atoms with van der Waals surface area (Å²) >= 11 is 0. The van der Waals surface area contributed by atoms with E-state index >= 15 is 0 Å². The van der Waals surface area contributed by atoms with Gasteiger partial charge in [0, 0.05) is 0 Å². The summed E-state index contributed by atoms with van der Waals surface area (Å²) in [6, 6.07) is 0. The molecule has 0 heteroatoms. The fourth-order valence-electron chi connectivity index (χ4n) is 4.29. The third-order valence-electron chi connectivity index (χ3n) is 6.64. The van der Waals surface area contributed by atoms with Crippen LogP contribution in [0.5, 0.6) is 0 Å². The lowest BCUT2D eigenvalue weighted by Crippen LogP contribution is -2.23. The van der Waals surface area contributed by atoms with Crippen LogP contribution in [0.25, 0.3) is 0 Å². The maximum atomic E-state index is 2.55. The predicted octanol–water partition coefficient (Wildman–Crippen LogP) is 7.33. The molecule has 0 spiro atoms. The lowest BCUT2D eigenvalue weighted by Gasteiger charge is -2.34. The van der Waals surface area contributed by atoms with E-state index in [0.717, 1.165) is 29.6 Å². The first-order valence-electron chi connectivity index (χ1n) is 9.85. The summed E-state index contributed by atoms with van der Waals surface area (Å²) in [4.78, 5) is 0. The van der Waals surface area contributed by atoms with Crippen molar-refractivity contribution in [2.75, 3.05) is 0 Å². The summed E-state index contributed by atoms with van der Waals surface area (Å²) in [7, 11) is 0. The second-order valence-corrected chi connectivity index (χ2v) is 8.81. The van der Waals surface area contributed by atoms with Gasteiger partial charge in [0.2, 0.25) is 0 Å². The molecule has 0 saturated heterocycles. The standard InChI is InChI=1S/C21H42/c1-8-16(4)11-12-19-13-20(19)18(6)15-21(7,10-3)14-17(5)9-2/h16-20H,8-15H2,1-7H3. The molecule has 6 atom stereocenters. The van der Waals surface area contributed by atoms with Crippen molar-refractivity contribution in [2.24, 2.45) is 35.0 Å². The molecule has 0 aromatic rings. The molecule has 0 amide bonds. The molecule has 1 fully saturated rings. The number of rotatable bonds is 11. The highest BCUT2D eigenvalue weighted by atomic mass is 14.5. The van der Waals surface area contributed by atoms with Crippen LogP contribution in [0.4, 0.5) is 0 Å². The first-order chi connectivity index (χ1) is 9.85. The van der Waals surface area contributed by atoms with E-state index in [0.29, 0.717) is 5.41 Å². The maximum Gasteiger partial charge on any atom is -0.0323 e. The van der Waals surface area contributed by atoms with Gasteiger partial charge < -0.3 is 0 Å². The summed E-state index contributed by atoms with van der Waals surface area (Å²) in [5, 5.41) is 0. The normalized spacial score (nSPS) is 28.7. The summed E-state index contributed by atoms with van der Waals surface area (Å²) in [6.07, 6.45) is 11.4. The van der Waals surface area contributed by atoms with Crippen molar-refractivity contribution in [3.05, 3.63) is 0 Å². The first-order valence-corrected chi connectivity index (χ1v) is 9.85. The molecule has 0 radical (unpaired) electrons. The zero-order valence-corrected chi connectivity index (χ0v) is 16.0. The van der Waals surface area contributed by atoms with Crippen molar-refractivity contribution in [2.45, 2.75) is 99.8 Å². The van der Waals surface area contributed by atoms with Crippen LogP contribution < -0.4 is 0 Å². The largest absolute Gasteiger partial charge is 0.0651 e. The number of hydrogen-bond donors (Lipinski definition) is 0. The van der Waals surface area contributed by atoms with Gasteiger partial charge in [0.15, 0.2) is 0 Å². The monoisotopic (exact) mass is 294 g/mol. The van der Waals surface area contributed by atoms with Crippen LogP contribution in [0, 0.1) is 35.0 Å². The Labute approximate surface area is 135 Å². The van der Waals surface area contributed by atoms with Crippen LogP contribution in [0.15, 0.2) is 0 Å². The van der Waals surface area contributed by atoms with Gasteiger partial charge in [-0.1, -0.05) is 74.1 Å². The second-order valence-electron chi connectivity index (χ2n) is 8.81. The smallest absolute Gasteiger partial charge is 0.0323 e. The van der Waals surface area contributed by atoms with Crippen molar-refractivity contribution in [3.8, 4) is 0 Å². The molecular weight excluding hydrogens is 252 g/mol. The van der Waals surface area contributed by atoms with E-state index in [1.807, 2.05) is 0 Å². The van der Waals surface area contributed by atoms with Gasteiger partial charge in [0.1, 0.15) is 0 Å². The van der Waals surface area contributed by atoms with Gasteiger partial charge in [0.05, 0.1) is 0 Å². The SMILES string of the molecule is CCC(C)CCC1CC1C(C)CC(C)(CC)CC(C)CC. The van der Waals surface area contributed by atoms with Gasteiger partial charge in [-0.25, -0.2) is 0 Å². The molecule has 1 saturated carbocycles. The lowest BCUT2D eigenvalue weighted by atomic mass is 9.72. The molecule has 0 nitrogen and oxygen atoms in total. The molecule has 21 heavy (non-hydrogen) atoms. The summed E-state index contributed by atoms with van der Waals surface area (Å²) in [5.41, 5.74) is 0.582. The maximum absolute atomic E-state index is 2.55. The van der Waals surface area contributed by atoms with E-state index in [2.05, 4.69) is 48.5 Å². The van der Waals surface area contributed by atoms with E-state index in [4.69, 9.17) is 0 Å². The highest BCUT2D eigenvalue weighted by Gasteiger charge is 2.42. The average Bonchev–Trinajstić information content (AvgIpc) is 3.24. The van der Waals surface area contributed by atoms with Crippen molar-refractivity contribution >= 4 is 0 Å². The molecule has 1 aliphatic carbocycles. The van der Waals surface area contributed by atoms with E-state index in [1.54, 1.807) is 0 Å². The van der Waals surface area contributed by atoms with E-state index in [-0.39, 0.29) is 0 Å². The Hall–Kier alpha value is 0. The minimum atomic E-state index is 0.582. The third kappa shape index (κ3) is 6.33. The Morgan fingerprint density at radius 2 is 1.57 bits per heavy atom. The summed E-state index contributed by atoms with van der Waals surface area (Å²) in [5.74, 6) is 4.90. The fourth-order valence-corrected chi connectivity index (χ4v) is 4.29. The van der Waals surface area contributed by atoms with E-state index in [9.17, 15) is 0 Å². The zero-order chi connectivity index (χ0) is 16.0. The predicted molar refractivity (Wildman–Crippen MR) is 96.5 cm³/mol. The molecule has 0 bridgehead atoms. The molecule has 1 aliphatic rings. The van der Waals surface area contributed by atoms with Gasteiger partial charge in [-0.15, -0.1) is 0 Å². The van der Waals surface area contributed by atoms with Gasteiger partial charge in [-0.3, -0.25) is 0 Å². The molecule has 126 valence electrons. The molecule has 6 unspecified atom stereocenters. The fraction of sp³-hybridized carbons (Fsp3) is 1.00. The van der Waals surface area contributed by atoms with Gasteiger partial charge >= 0.3 is 0 Å².